The van der Waals surface area contributed by atoms with E-state index >= 15 is 0 Å². The minimum atomic E-state index is 0.752. The Labute approximate surface area is 175 Å². The molecular formula is C22H17BrN4S. The van der Waals surface area contributed by atoms with Crippen molar-refractivity contribution in [1.29, 1.82) is 0 Å². The summed E-state index contributed by atoms with van der Waals surface area (Å²) in [6.45, 7) is 0.810. The average molecular weight is 449 g/mol. The molecule has 0 aliphatic heterocycles. The van der Waals surface area contributed by atoms with E-state index in [4.69, 9.17) is 4.98 Å². The summed E-state index contributed by atoms with van der Waals surface area (Å²) in [4.78, 5) is 13.0. The summed E-state index contributed by atoms with van der Waals surface area (Å²) in [7, 11) is 0. The van der Waals surface area contributed by atoms with E-state index in [9.17, 15) is 0 Å². The molecule has 0 fully saturated rings. The van der Waals surface area contributed by atoms with E-state index in [1.807, 2.05) is 24.3 Å². The fourth-order valence-electron chi connectivity index (χ4n) is 3.34. The molecule has 3 aromatic carbocycles. The van der Waals surface area contributed by atoms with Crippen LogP contribution in [-0.4, -0.2) is 19.5 Å². The Morgan fingerprint density at radius 1 is 0.893 bits per heavy atom. The molecule has 0 saturated carbocycles. The van der Waals surface area contributed by atoms with Crippen molar-refractivity contribution < 1.29 is 0 Å². The molecule has 0 spiro atoms. The van der Waals surface area contributed by atoms with Crippen molar-refractivity contribution in [2.45, 2.75) is 17.5 Å². The molecule has 0 bridgehead atoms. The fourth-order valence-corrected chi connectivity index (χ4v) is 4.53. The first kappa shape index (κ1) is 17.5. The molecule has 0 aliphatic rings. The maximum Gasteiger partial charge on any atom is 0.166 e. The standard InChI is InChI=1S/C22H17BrN4S/c23-16-10-11-17-19(12-16)26-22(25-17)28-14-21-24-18-8-4-5-9-20(18)27(21)13-15-6-2-1-3-7-15/h1-12H,13-14H2,(H,25,26). The maximum atomic E-state index is 4.88. The van der Waals surface area contributed by atoms with Crippen LogP contribution in [0.5, 0.6) is 0 Å². The molecule has 5 rings (SSSR count). The van der Waals surface area contributed by atoms with Crippen molar-refractivity contribution >= 4 is 49.8 Å². The van der Waals surface area contributed by atoms with Gasteiger partial charge in [-0.3, -0.25) is 0 Å². The van der Waals surface area contributed by atoms with Crippen LogP contribution in [0.15, 0.2) is 82.4 Å². The van der Waals surface area contributed by atoms with Crippen molar-refractivity contribution in [3.8, 4) is 0 Å². The first-order valence-corrected chi connectivity index (χ1v) is 10.8. The number of hydrogen-bond acceptors (Lipinski definition) is 3. The van der Waals surface area contributed by atoms with Crippen LogP contribution in [0.3, 0.4) is 0 Å². The molecular weight excluding hydrogens is 432 g/mol. The van der Waals surface area contributed by atoms with Gasteiger partial charge in [0.05, 0.1) is 27.8 Å². The molecule has 0 radical (unpaired) electrons. The van der Waals surface area contributed by atoms with Gasteiger partial charge in [0.25, 0.3) is 0 Å². The average Bonchev–Trinajstić information content (AvgIpc) is 3.28. The number of nitrogens with one attached hydrogen (secondary N) is 1. The van der Waals surface area contributed by atoms with E-state index in [1.54, 1.807) is 11.8 Å². The molecule has 138 valence electrons. The van der Waals surface area contributed by atoms with E-state index in [0.29, 0.717) is 0 Å². The highest BCUT2D eigenvalue weighted by Crippen LogP contribution is 2.27. The molecule has 0 amide bonds. The molecule has 28 heavy (non-hydrogen) atoms. The molecule has 0 atom stereocenters. The molecule has 0 saturated heterocycles. The zero-order valence-electron chi connectivity index (χ0n) is 15.0. The van der Waals surface area contributed by atoms with E-state index in [-0.39, 0.29) is 0 Å². The summed E-state index contributed by atoms with van der Waals surface area (Å²) < 4.78 is 3.35. The van der Waals surface area contributed by atoms with Gasteiger partial charge in [-0.05, 0) is 35.9 Å². The van der Waals surface area contributed by atoms with Gasteiger partial charge in [0, 0.05) is 11.0 Å². The summed E-state index contributed by atoms with van der Waals surface area (Å²) in [6, 6.07) is 24.9. The van der Waals surface area contributed by atoms with E-state index < -0.39 is 0 Å². The Morgan fingerprint density at radius 2 is 1.71 bits per heavy atom. The molecule has 5 aromatic rings. The second-order valence-electron chi connectivity index (χ2n) is 6.58. The lowest BCUT2D eigenvalue weighted by atomic mass is 10.2. The van der Waals surface area contributed by atoms with Crippen molar-refractivity contribution in [2.24, 2.45) is 0 Å². The van der Waals surface area contributed by atoms with Crippen LogP contribution < -0.4 is 0 Å². The van der Waals surface area contributed by atoms with Crippen molar-refractivity contribution in [1.82, 2.24) is 19.5 Å². The summed E-state index contributed by atoms with van der Waals surface area (Å²) in [5.74, 6) is 1.80. The van der Waals surface area contributed by atoms with Crippen molar-refractivity contribution in [2.75, 3.05) is 0 Å². The lowest BCUT2D eigenvalue weighted by Gasteiger charge is -2.09. The Bertz CT molecular complexity index is 1260. The van der Waals surface area contributed by atoms with Gasteiger partial charge < -0.3 is 9.55 Å². The first-order chi connectivity index (χ1) is 13.8. The predicted molar refractivity (Wildman–Crippen MR) is 119 cm³/mol. The zero-order chi connectivity index (χ0) is 18.9. The fraction of sp³-hybridized carbons (Fsp3) is 0.0909. The monoisotopic (exact) mass is 448 g/mol. The van der Waals surface area contributed by atoms with Gasteiger partial charge in [0.1, 0.15) is 5.82 Å². The number of halogens is 1. The van der Waals surface area contributed by atoms with Crippen LogP contribution in [0.25, 0.3) is 22.1 Å². The summed E-state index contributed by atoms with van der Waals surface area (Å²) in [6.07, 6.45) is 0. The quantitative estimate of drug-likeness (QED) is 0.334. The molecule has 0 unspecified atom stereocenters. The number of aromatic nitrogens is 4. The number of fused-ring (bicyclic) bond motifs is 2. The summed E-state index contributed by atoms with van der Waals surface area (Å²) >= 11 is 5.19. The molecule has 6 heteroatoms. The number of aromatic amines is 1. The summed E-state index contributed by atoms with van der Waals surface area (Å²) in [5.41, 5.74) is 5.47. The SMILES string of the molecule is Brc1ccc2nc(SCc3nc4ccccc4n3Cc3ccccc3)[nH]c2c1. The molecule has 2 aromatic heterocycles. The third kappa shape index (κ3) is 3.45. The van der Waals surface area contributed by atoms with Gasteiger partial charge in [0.2, 0.25) is 0 Å². The lowest BCUT2D eigenvalue weighted by molar-refractivity contribution is 0.779. The Hall–Kier alpha value is -2.57. The summed E-state index contributed by atoms with van der Waals surface area (Å²) in [5, 5.41) is 0.909. The molecule has 0 aliphatic carbocycles. The molecule has 1 N–H and O–H groups in total. The van der Waals surface area contributed by atoms with Crippen LogP contribution in [0.4, 0.5) is 0 Å². The van der Waals surface area contributed by atoms with Crippen LogP contribution in [-0.2, 0) is 12.3 Å². The third-order valence-electron chi connectivity index (χ3n) is 4.68. The zero-order valence-corrected chi connectivity index (χ0v) is 17.4. The Balaban J connectivity index is 1.46. The molecule has 4 nitrogen and oxygen atoms in total. The highest BCUT2D eigenvalue weighted by molar-refractivity contribution is 9.10. The number of thioether (sulfide) groups is 1. The number of rotatable bonds is 5. The number of nitrogens with zero attached hydrogens (tertiary/aromatic N) is 3. The topological polar surface area (TPSA) is 46.5 Å². The minimum absolute atomic E-state index is 0.752. The van der Waals surface area contributed by atoms with E-state index in [0.717, 1.165) is 49.8 Å². The van der Waals surface area contributed by atoms with Gasteiger partial charge in [-0.2, -0.15) is 0 Å². The number of H-pyrrole nitrogens is 1. The second-order valence-corrected chi connectivity index (χ2v) is 8.46. The predicted octanol–water partition coefficient (Wildman–Crippen LogP) is 6.02. The van der Waals surface area contributed by atoms with E-state index in [2.05, 4.69) is 79.0 Å². The van der Waals surface area contributed by atoms with Crippen molar-refractivity contribution in [3.63, 3.8) is 0 Å². The smallest absolute Gasteiger partial charge is 0.166 e. The third-order valence-corrected chi connectivity index (χ3v) is 6.04. The van der Waals surface area contributed by atoms with Crippen LogP contribution in [0.2, 0.25) is 0 Å². The van der Waals surface area contributed by atoms with Gasteiger partial charge in [-0.25, -0.2) is 9.97 Å². The van der Waals surface area contributed by atoms with Gasteiger partial charge in [-0.15, -0.1) is 0 Å². The second kappa shape index (κ2) is 7.45. The Morgan fingerprint density at radius 3 is 2.61 bits per heavy atom. The highest BCUT2D eigenvalue weighted by Gasteiger charge is 2.12. The van der Waals surface area contributed by atoms with Crippen LogP contribution in [0, 0.1) is 0 Å². The molecule has 2 heterocycles. The number of benzene rings is 3. The van der Waals surface area contributed by atoms with E-state index in [1.165, 1.54) is 5.56 Å². The van der Waals surface area contributed by atoms with Gasteiger partial charge >= 0.3 is 0 Å². The first-order valence-electron chi connectivity index (χ1n) is 9.02. The number of para-hydroxylation sites is 2. The van der Waals surface area contributed by atoms with Crippen LogP contribution >= 0.6 is 27.7 Å². The van der Waals surface area contributed by atoms with Crippen molar-refractivity contribution in [3.05, 3.63) is 88.7 Å². The number of imidazole rings is 2. The maximum absolute atomic E-state index is 4.88. The largest absolute Gasteiger partial charge is 0.333 e. The Kier molecular flexibility index (Phi) is 4.66. The highest BCUT2D eigenvalue weighted by atomic mass is 79.9. The minimum Gasteiger partial charge on any atom is -0.333 e. The van der Waals surface area contributed by atoms with Gasteiger partial charge in [0.15, 0.2) is 5.16 Å². The van der Waals surface area contributed by atoms with Gasteiger partial charge in [-0.1, -0.05) is 70.2 Å². The number of hydrogen-bond donors (Lipinski definition) is 1. The lowest BCUT2D eigenvalue weighted by Crippen LogP contribution is -2.04. The normalized spacial score (nSPS) is 11.5. The van der Waals surface area contributed by atoms with Crippen LogP contribution in [0.1, 0.15) is 11.4 Å².